The Bertz CT molecular complexity index is 346. The Balaban J connectivity index is 2.89. The molecule has 0 spiro atoms. The molecule has 0 aliphatic heterocycles. The predicted octanol–water partition coefficient (Wildman–Crippen LogP) is 2.32. The van der Waals surface area contributed by atoms with Crippen molar-refractivity contribution in [1.82, 2.24) is 4.98 Å². The van der Waals surface area contributed by atoms with E-state index in [1.807, 2.05) is 0 Å². The summed E-state index contributed by atoms with van der Waals surface area (Å²) in [5, 5.41) is 0. The number of rotatable bonds is 4. The van der Waals surface area contributed by atoms with E-state index in [2.05, 4.69) is 4.98 Å². The first kappa shape index (κ1) is 13.8. The minimum atomic E-state index is -4.24. The second kappa shape index (κ2) is 5.35. The smallest absolute Gasteiger partial charge is 0.345 e. The van der Waals surface area contributed by atoms with Crippen molar-refractivity contribution in [3.63, 3.8) is 0 Å². The highest BCUT2D eigenvalue weighted by molar-refractivity contribution is 5.40. The molecule has 6 heteroatoms. The van der Waals surface area contributed by atoms with Crippen LogP contribution in [0.4, 0.5) is 19.0 Å². The lowest BCUT2D eigenvalue weighted by atomic mass is 10.2. The molecule has 0 saturated heterocycles. The van der Waals surface area contributed by atoms with E-state index in [1.165, 1.54) is 11.1 Å². The average molecular weight is 247 g/mol. The molecule has 0 radical (unpaired) electrons. The van der Waals surface area contributed by atoms with Crippen LogP contribution in [0, 0.1) is 0 Å². The fraction of sp³-hybridized carbons (Fsp3) is 0.545. The first-order valence-electron chi connectivity index (χ1n) is 5.32. The van der Waals surface area contributed by atoms with Gasteiger partial charge in [0.2, 0.25) is 0 Å². The molecule has 0 saturated carbocycles. The molecule has 17 heavy (non-hydrogen) atoms. The van der Waals surface area contributed by atoms with Gasteiger partial charge in [-0.25, -0.2) is 4.98 Å². The van der Waals surface area contributed by atoms with Gasteiger partial charge >= 0.3 is 6.18 Å². The zero-order valence-corrected chi connectivity index (χ0v) is 9.83. The van der Waals surface area contributed by atoms with E-state index in [9.17, 15) is 13.2 Å². The summed E-state index contributed by atoms with van der Waals surface area (Å²) in [6.07, 6.45) is -2.74. The molecule has 2 N–H and O–H groups in total. The molecule has 0 atom stereocenters. The topological polar surface area (TPSA) is 42.1 Å². The van der Waals surface area contributed by atoms with Gasteiger partial charge in [0.05, 0.1) is 0 Å². The predicted molar refractivity (Wildman–Crippen MR) is 60.7 cm³/mol. The Morgan fingerprint density at radius 1 is 1.35 bits per heavy atom. The highest BCUT2D eigenvalue weighted by Gasteiger charge is 2.32. The van der Waals surface area contributed by atoms with E-state index in [4.69, 9.17) is 5.73 Å². The lowest BCUT2D eigenvalue weighted by Gasteiger charge is -2.28. The number of nitrogens with zero attached hydrogens (tertiary/aromatic N) is 2. The van der Waals surface area contributed by atoms with Crippen molar-refractivity contribution in [2.24, 2.45) is 5.73 Å². The van der Waals surface area contributed by atoms with Crippen LogP contribution >= 0.6 is 0 Å². The van der Waals surface area contributed by atoms with Crippen molar-refractivity contribution in [1.29, 1.82) is 0 Å². The third kappa shape index (κ3) is 4.22. The molecule has 0 amide bonds. The van der Waals surface area contributed by atoms with E-state index >= 15 is 0 Å². The third-order valence-electron chi connectivity index (χ3n) is 2.31. The van der Waals surface area contributed by atoms with E-state index in [0.29, 0.717) is 12.4 Å². The van der Waals surface area contributed by atoms with E-state index in [-0.39, 0.29) is 6.04 Å². The van der Waals surface area contributed by atoms with E-state index < -0.39 is 12.7 Å². The Kier molecular flexibility index (Phi) is 4.34. The number of aromatic nitrogens is 1. The van der Waals surface area contributed by atoms with Gasteiger partial charge in [0.25, 0.3) is 0 Å². The van der Waals surface area contributed by atoms with Crippen molar-refractivity contribution in [2.45, 2.75) is 32.6 Å². The summed E-state index contributed by atoms with van der Waals surface area (Å²) in [5.41, 5.74) is 6.20. The number of anilines is 1. The summed E-state index contributed by atoms with van der Waals surface area (Å²) in [6.45, 7) is 2.72. The van der Waals surface area contributed by atoms with Crippen LogP contribution in [0.3, 0.4) is 0 Å². The second-order valence-electron chi connectivity index (χ2n) is 4.07. The minimum absolute atomic E-state index is 0.271. The largest absolute Gasteiger partial charge is 0.405 e. The first-order valence-corrected chi connectivity index (χ1v) is 5.32. The summed E-state index contributed by atoms with van der Waals surface area (Å²) in [7, 11) is 0. The molecule has 0 aliphatic rings. The molecule has 1 rings (SSSR count). The van der Waals surface area contributed by atoms with Crippen LogP contribution in [-0.4, -0.2) is 23.7 Å². The van der Waals surface area contributed by atoms with Gasteiger partial charge in [-0.15, -0.1) is 0 Å². The van der Waals surface area contributed by atoms with Crippen molar-refractivity contribution >= 4 is 5.82 Å². The molecular formula is C11H16F3N3. The monoisotopic (exact) mass is 247 g/mol. The van der Waals surface area contributed by atoms with Crippen molar-refractivity contribution in [3.8, 4) is 0 Å². The molecule has 1 aromatic rings. The SMILES string of the molecule is CC(C)N(CC(F)(F)F)c1ccc(CN)cn1. The van der Waals surface area contributed by atoms with Crippen LogP contribution in [0.5, 0.6) is 0 Å². The molecule has 1 aromatic heterocycles. The van der Waals surface area contributed by atoms with Gasteiger partial charge in [0.1, 0.15) is 12.4 Å². The first-order chi connectivity index (χ1) is 7.83. The Labute approximate surface area is 98.4 Å². The van der Waals surface area contributed by atoms with Crippen molar-refractivity contribution in [3.05, 3.63) is 23.9 Å². The zero-order chi connectivity index (χ0) is 13.1. The third-order valence-corrected chi connectivity index (χ3v) is 2.31. The van der Waals surface area contributed by atoms with Crippen LogP contribution in [0.2, 0.25) is 0 Å². The van der Waals surface area contributed by atoms with E-state index in [1.54, 1.807) is 26.0 Å². The van der Waals surface area contributed by atoms with Crippen molar-refractivity contribution in [2.75, 3.05) is 11.4 Å². The number of halogens is 3. The summed E-state index contributed by atoms with van der Waals surface area (Å²) in [5.74, 6) is 0.314. The van der Waals surface area contributed by atoms with Gasteiger partial charge in [-0.3, -0.25) is 0 Å². The maximum Gasteiger partial charge on any atom is 0.405 e. The lowest BCUT2D eigenvalue weighted by molar-refractivity contribution is -0.120. The number of hydrogen-bond acceptors (Lipinski definition) is 3. The summed E-state index contributed by atoms with van der Waals surface area (Å²) >= 11 is 0. The van der Waals surface area contributed by atoms with Crippen LogP contribution in [-0.2, 0) is 6.54 Å². The Hall–Kier alpha value is -1.30. The van der Waals surface area contributed by atoms with Gasteiger partial charge in [0, 0.05) is 18.8 Å². The quantitative estimate of drug-likeness (QED) is 0.887. The fourth-order valence-electron chi connectivity index (χ4n) is 1.43. The molecule has 0 aliphatic carbocycles. The van der Waals surface area contributed by atoms with Crippen LogP contribution < -0.4 is 10.6 Å². The zero-order valence-electron chi connectivity index (χ0n) is 9.83. The Morgan fingerprint density at radius 2 is 2.00 bits per heavy atom. The Morgan fingerprint density at radius 3 is 2.35 bits per heavy atom. The standard InChI is InChI=1S/C11H16F3N3/c1-8(2)17(7-11(12,13)14)10-4-3-9(5-15)6-16-10/h3-4,6,8H,5,7,15H2,1-2H3. The molecule has 0 bridgehead atoms. The number of nitrogens with two attached hydrogens (primary N) is 1. The minimum Gasteiger partial charge on any atom is -0.345 e. The van der Waals surface area contributed by atoms with Crippen molar-refractivity contribution < 1.29 is 13.2 Å². The molecule has 0 fully saturated rings. The maximum atomic E-state index is 12.4. The van der Waals surface area contributed by atoms with Gasteiger partial charge in [-0.1, -0.05) is 6.07 Å². The molecular weight excluding hydrogens is 231 g/mol. The van der Waals surface area contributed by atoms with Crippen LogP contribution in [0.15, 0.2) is 18.3 Å². The molecule has 0 unspecified atom stereocenters. The van der Waals surface area contributed by atoms with Gasteiger partial charge in [-0.2, -0.15) is 13.2 Å². The number of hydrogen-bond donors (Lipinski definition) is 1. The normalized spacial score (nSPS) is 11.9. The number of alkyl halides is 3. The molecule has 96 valence electrons. The summed E-state index contributed by atoms with van der Waals surface area (Å²) in [6, 6.07) is 2.98. The van der Waals surface area contributed by atoms with E-state index in [0.717, 1.165) is 5.56 Å². The lowest BCUT2D eigenvalue weighted by Crippen LogP contribution is -2.39. The molecule has 0 aromatic carbocycles. The van der Waals surface area contributed by atoms with Gasteiger partial charge < -0.3 is 10.6 Å². The molecule has 3 nitrogen and oxygen atoms in total. The summed E-state index contributed by atoms with van der Waals surface area (Å²) < 4.78 is 37.2. The fourth-order valence-corrected chi connectivity index (χ4v) is 1.43. The maximum absolute atomic E-state index is 12.4. The highest BCUT2D eigenvalue weighted by Crippen LogP contribution is 2.22. The van der Waals surface area contributed by atoms with Gasteiger partial charge in [-0.05, 0) is 25.5 Å². The van der Waals surface area contributed by atoms with Gasteiger partial charge in [0.15, 0.2) is 0 Å². The average Bonchev–Trinajstić information content (AvgIpc) is 2.25. The van der Waals surface area contributed by atoms with Crippen LogP contribution in [0.25, 0.3) is 0 Å². The second-order valence-corrected chi connectivity index (χ2v) is 4.07. The molecule has 1 heterocycles. The summed E-state index contributed by atoms with van der Waals surface area (Å²) in [4.78, 5) is 5.21. The number of pyridine rings is 1. The van der Waals surface area contributed by atoms with Crippen LogP contribution in [0.1, 0.15) is 19.4 Å². The highest BCUT2D eigenvalue weighted by atomic mass is 19.4.